The topological polar surface area (TPSA) is 92.1 Å². The number of carbonyl (C=O) groups is 2. The van der Waals surface area contributed by atoms with Gasteiger partial charge in [0.2, 0.25) is 5.91 Å². The van der Waals surface area contributed by atoms with E-state index in [1.165, 1.54) is 18.3 Å². The zero-order chi connectivity index (χ0) is 23.5. The van der Waals surface area contributed by atoms with Gasteiger partial charge in [0.1, 0.15) is 16.1 Å². The molecular weight excluding hydrogens is 463 g/mol. The molecule has 0 aromatic carbocycles. The molecule has 2 aromatic heterocycles. The van der Waals surface area contributed by atoms with Crippen LogP contribution in [-0.4, -0.2) is 29.2 Å². The van der Waals surface area contributed by atoms with Crippen LogP contribution in [-0.2, 0) is 28.5 Å². The number of aromatic nitrogens is 1. The van der Waals surface area contributed by atoms with E-state index < -0.39 is 29.2 Å². The lowest BCUT2D eigenvalue weighted by atomic mass is 9.95. The number of aryl methyl sites for hydroxylation is 2. The van der Waals surface area contributed by atoms with Crippen molar-refractivity contribution in [2.24, 2.45) is 0 Å². The predicted molar refractivity (Wildman–Crippen MR) is 115 cm³/mol. The fraction of sp³-hybridized carbons (Fsp3) is 0.429. The molecule has 2 heterocycles. The lowest BCUT2D eigenvalue weighted by molar-refractivity contribution is -0.138. The van der Waals surface area contributed by atoms with Gasteiger partial charge >= 0.3 is 12.1 Å². The molecule has 1 aliphatic carbocycles. The average molecular weight is 484 g/mol. The number of nitriles is 1. The molecule has 11 heteroatoms. The minimum atomic E-state index is -4.71. The van der Waals surface area contributed by atoms with E-state index in [4.69, 9.17) is 4.74 Å². The third kappa shape index (κ3) is 5.24. The molecule has 1 amide bonds. The fourth-order valence-electron chi connectivity index (χ4n) is 3.45. The summed E-state index contributed by atoms with van der Waals surface area (Å²) >= 11 is 2.07. The minimum absolute atomic E-state index is 0.0924. The van der Waals surface area contributed by atoms with Crippen LogP contribution < -0.4 is 5.32 Å². The number of amides is 1. The molecule has 0 saturated heterocycles. The van der Waals surface area contributed by atoms with E-state index in [1.54, 1.807) is 13.0 Å². The maximum absolute atomic E-state index is 13.3. The number of hydrogen-bond acceptors (Lipinski definition) is 7. The molecule has 2 aromatic rings. The van der Waals surface area contributed by atoms with Crippen LogP contribution in [0.5, 0.6) is 0 Å². The van der Waals surface area contributed by atoms with Crippen molar-refractivity contribution in [3.8, 4) is 6.07 Å². The normalized spacial score (nSPS) is 13.2. The highest BCUT2D eigenvalue weighted by Gasteiger charge is 2.35. The smallest absolute Gasteiger partial charge is 0.417 e. The quantitative estimate of drug-likeness (QED) is 0.453. The molecule has 170 valence electrons. The van der Waals surface area contributed by atoms with Gasteiger partial charge in [-0.15, -0.1) is 11.3 Å². The summed E-state index contributed by atoms with van der Waals surface area (Å²) < 4.78 is 45.0. The highest BCUT2D eigenvalue weighted by molar-refractivity contribution is 8.00. The van der Waals surface area contributed by atoms with Crippen LogP contribution in [0, 0.1) is 18.3 Å². The fourth-order valence-corrected chi connectivity index (χ4v) is 5.59. The molecule has 3 rings (SSSR count). The van der Waals surface area contributed by atoms with E-state index in [1.807, 2.05) is 0 Å². The van der Waals surface area contributed by atoms with E-state index in [0.29, 0.717) is 10.6 Å². The van der Waals surface area contributed by atoms with Gasteiger partial charge < -0.3 is 10.1 Å². The summed E-state index contributed by atoms with van der Waals surface area (Å²) in [6.45, 7) is 3.29. The van der Waals surface area contributed by atoms with Crippen LogP contribution in [0.1, 0.15) is 57.4 Å². The zero-order valence-electron chi connectivity index (χ0n) is 17.4. The summed E-state index contributed by atoms with van der Waals surface area (Å²) in [5.41, 5.74) is -0.347. The minimum Gasteiger partial charge on any atom is -0.462 e. The Morgan fingerprint density at radius 1 is 1.34 bits per heavy atom. The highest BCUT2D eigenvalue weighted by Crippen LogP contribution is 2.39. The number of carbonyl (C=O) groups excluding carboxylic acids is 2. The number of alkyl halides is 3. The Morgan fingerprint density at radius 2 is 2.06 bits per heavy atom. The van der Waals surface area contributed by atoms with Gasteiger partial charge in [-0.2, -0.15) is 18.4 Å². The summed E-state index contributed by atoms with van der Waals surface area (Å²) in [6, 6.07) is 2.36. The number of thioether (sulfide) groups is 1. The molecule has 1 aliphatic rings. The number of halogens is 3. The van der Waals surface area contributed by atoms with Crippen LogP contribution in [0.4, 0.5) is 18.2 Å². The van der Waals surface area contributed by atoms with Gasteiger partial charge in [-0.3, -0.25) is 4.79 Å². The van der Waals surface area contributed by atoms with Gasteiger partial charge in [0.05, 0.1) is 29.1 Å². The number of ether oxygens (including phenoxy) is 1. The van der Waals surface area contributed by atoms with Crippen molar-refractivity contribution in [1.82, 2.24) is 4.98 Å². The highest BCUT2D eigenvalue weighted by atomic mass is 32.2. The number of esters is 1. The number of thiophene rings is 1. The molecule has 1 N–H and O–H groups in total. The monoisotopic (exact) mass is 483 g/mol. The standard InChI is InChI=1S/C21H20F3N3O3S2/c1-3-30-20(29)17-12-6-4-5-7-15(12)32-19(17)27-16(28)10-31-18-13(9-25)14(21(22,23)24)8-11(2)26-18/h8H,3-7,10H2,1-2H3,(H,27,28). The largest absolute Gasteiger partial charge is 0.462 e. The zero-order valence-corrected chi connectivity index (χ0v) is 19.0. The molecule has 0 bridgehead atoms. The van der Waals surface area contributed by atoms with Crippen LogP contribution in [0.2, 0.25) is 0 Å². The first kappa shape index (κ1) is 24.1. The van der Waals surface area contributed by atoms with Crippen LogP contribution in [0.3, 0.4) is 0 Å². The molecule has 6 nitrogen and oxygen atoms in total. The second-order valence-electron chi connectivity index (χ2n) is 7.07. The first-order valence-electron chi connectivity index (χ1n) is 9.88. The Kier molecular flexibility index (Phi) is 7.46. The van der Waals surface area contributed by atoms with Gasteiger partial charge in [-0.25, -0.2) is 9.78 Å². The number of nitrogens with zero attached hydrogens (tertiary/aromatic N) is 2. The lowest BCUT2D eigenvalue weighted by Gasteiger charge is -2.13. The maximum atomic E-state index is 13.3. The number of anilines is 1. The Labute approximate surface area is 191 Å². The summed E-state index contributed by atoms with van der Waals surface area (Å²) in [7, 11) is 0. The molecule has 0 fully saturated rings. The Morgan fingerprint density at radius 3 is 2.72 bits per heavy atom. The number of nitrogens with one attached hydrogen (secondary N) is 1. The van der Waals surface area contributed by atoms with Crippen molar-refractivity contribution in [2.45, 2.75) is 50.7 Å². The second-order valence-corrected chi connectivity index (χ2v) is 9.14. The van der Waals surface area contributed by atoms with Gasteiger partial charge in [-0.1, -0.05) is 11.8 Å². The van der Waals surface area contributed by atoms with Crippen molar-refractivity contribution in [1.29, 1.82) is 5.26 Å². The third-order valence-electron chi connectivity index (χ3n) is 4.78. The molecule has 0 unspecified atom stereocenters. The first-order chi connectivity index (χ1) is 15.2. The Hall–Kier alpha value is -2.58. The summed E-state index contributed by atoms with van der Waals surface area (Å²) in [6.07, 6.45) is -1.23. The van der Waals surface area contributed by atoms with E-state index >= 15 is 0 Å². The Bertz CT molecular complexity index is 1090. The molecule has 0 spiro atoms. The summed E-state index contributed by atoms with van der Waals surface area (Å²) in [4.78, 5) is 30.1. The summed E-state index contributed by atoms with van der Waals surface area (Å²) in [5.74, 6) is -1.29. The van der Waals surface area contributed by atoms with E-state index in [0.717, 1.165) is 54.0 Å². The van der Waals surface area contributed by atoms with Gasteiger partial charge in [0.15, 0.2) is 0 Å². The van der Waals surface area contributed by atoms with Crippen molar-refractivity contribution in [3.05, 3.63) is 38.9 Å². The third-order valence-corrected chi connectivity index (χ3v) is 6.96. The van der Waals surface area contributed by atoms with Gasteiger partial charge in [0, 0.05) is 10.6 Å². The van der Waals surface area contributed by atoms with Crippen molar-refractivity contribution < 1.29 is 27.5 Å². The number of rotatable bonds is 6. The van der Waals surface area contributed by atoms with Crippen molar-refractivity contribution >= 4 is 40.0 Å². The molecule has 0 aliphatic heterocycles. The van der Waals surface area contributed by atoms with E-state index in [2.05, 4.69) is 10.3 Å². The number of fused-ring (bicyclic) bond motifs is 1. The van der Waals surface area contributed by atoms with Crippen LogP contribution in [0.25, 0.3) is 0 Å². The lowest BCUT2D eigenvalue weighted by Crippen LogP contribution is -2.17. The van der Waals surface area contributed by atoms with Crippen LogP contribution >= 0.6 is 23.1 Å². The number of pyridine rings is 1. The Balaban J connectivity index is 1.81. The van der Waals surface area contributed by atoms with Crippen LogP contribution in [0.15, 0.2) is 11.1 Å². The van der Waals surface area contributed by atoms with Gasteiger partial charge in [0.25, 0.3) is 0 Å². The predicted octanol–water partition coefficient (Wildman–Crippen LogP) is 5.13. The molecular formula is C21H20F3N3O3S2. The first-order valence-corrected chi connectivity index (χ1v) is 11.7. The van der Waals surface area contributed by atoms with E-state index in [9.17, 15) is 28.0 Å². The van der Waals surface area contributed by atoms with Crippen molar-refractivity contribution in [2.75, 3.05) is 17.7 Å². The molecule has 32 heavy (non-hydrogen) atoms. The molecule has 0 radical (unpaired) electrons. The van der Waals surface area contributed by atoms with Gasteiger partial charge in [-0.05, 0) is 51.2 Å². The SMILES string of the molecule is CCOC(=O)c1c(NC(=O)CSc2nc(C)cc(C(F)(F)F)c2C#N)sc2c1CCCC2. The molecule has 0 atom stereocenters. The summed E-state index contributed by atoms with van der Waals surface area (Å²) in [5, 5.41) is 12.2. The number of hydrogen-bond donors (Lipinski definition) is 1. The van der Waals surface area contributed by atoms with E-state index in [-0.39, 0.29) is 23.1 Å². The van der Waals surface area contributed by atoms with Crippen molar-refractivity contribution in [3.63, 3.8) is 0 Å². The molecule has 0 saturated carbocycles. The maximum Gasteiger partial charge on any atom is 0.417 e. The second kappa shape index (κ2) is 9.92. The average Bonchev–Trinajstić information content (AvgIpc) is 3.09.